The van der Waals surface area contributed by atoms with Gasteiger partial charge in [-0.1, -0.05) is 6.07 Å². The van der Waals surface area contributed by atoms with Crippen LogP contribution >= 0.6 is 0 Å². The van der Waals surface area contributed by atoms with Crippen molar-refractivity contribution < 1.29 is 38.5 Å². The summed E-state index contributed by atoms with van der Waals surface area (Å²) < 4.78 is 5.15. The van der Waals surface area contributed by atoms with Gasteiger partial charge in [-0.3, -0.25) is 19.2 Å². The van der Waals surface area contributed by atoms with Gasteiger partial charge >= 0.3 is 13.1 Å². The molecule has 0 aliphatic carbocycles. The van der Waals surface area contributed by atoms with Crippen molar-refractivity contribution in [3.8, 4) is 0 Å². The normalized spacial score (nSPS) is 20.0. The van der Waals surface area contributed by atoms with Crippen LogP contribution in [0.1, 0.15) is 48.0 Å². The molecule has 1 atom stereocenters. The van der Waals surface area contributed by atoms with Gasteiger partial charge in [0, 0.05) is 31.5 Å². The molecule has 168 valence electrons. The van der Waals surface area contributed by atoms with Crippen molar-refractivity contribution in [1.29, 1.82) is 0 Å². The summed E-state index contributed by atoms with van der Waals surface area (Å²) in [6.45, 7) is 0.630. The number of benzene rings is 1. The van der Waals surface area contributed by atoms with Gasteiger partial charge in [-0.2, -0.15) is 0 Å². The van der Waals surface area contributed by atoms with E-state index in [0.29, 0.717) is 35.5 Å². The Morgan fingerprint density at radius 2 is 1.97 bits per heavy atom. The number of fused-ring (bicyclic) bond motifs is 1. The predicted molar refractivity (Wildman–Crippen MR) is 108 cm³/mol. The van der Waals surface area contributed by atoms with Gasteiger partial charge in [0.2, 0.25) is 5.91 Å². The first-order valence-electron chi connectivity index (χ1n) is 10.4. The first kappa shape index (κ1) is 22.0. The van der Waals surface area contributed by atoms with Crippen molar-refractivity contribution in [2.24, 2.45) is 0 Å². The van der Waals surface area contributed by atoms with E-state index in [0.717, 1.165) is 5.56 Å². The third-order valence-corrected chi connectivity index (χ3v) is 5.70. The van der Waals surface area contributed by atoms with Crippen LogP contribution in [0.5, 0.6) is 0 Å². The van der Waals surface area contributed by atoms with E-state index in [1.165, 1.54) is 4.90 Å². The van der Waals surface area contributed by atoms with Crippen LogP contribution in [-0.2, 0) is 35.3 Å². The van der Waals surface area contributed by atoms with Crippen LogP contribution in [-0.4, -0.2) is 70.8 Å². The van der Waals surface area contributed by atoms with Crippen LogP contribution in [0.15, 0.2) is 18.2 Å². The molecule has 12 heteroatoms. The molecular weight excluding hydrogens is 421 g/mol. The maximum absolute atomic E-state index is 13.0. The average molecular weight is 443 g/mol. The molecule has 3 heterocycles. The van der Waals surface area contributed by atoms with E-state index < -0.39 is 36.9 Å². The second kappa shape index (κ2) is 9.09. The first-order chi connectivity index (χ1) is 15.3. The molecule has 4 amide bonds. The van der Waals surface area contributed by atoms with Gasteiger partial charge in [-0.05, 0) is 36.0 Å². The Morgan fingerprint density at radius 1 is 1.22 bits per heavy atom. The summed E-state index contributed by atoms with van der Waals surface area (Å²) in [6, 6.07) is 4.27. The Labute approximate surface area is 183 Å². The van der Waals surface area contributed by atoms with Gasteiger partial charge < -0.3 is 24.7 Å². The number of carbonyl (C=O) groups excluding carboxylic acids is 5. The number of rotatable bonds is 6. The molecule has 4 rings (SSSR count). The lowest BCUT2D eigenvalue weighted by atomic mass is 9.78. The van der Waals surface area contributed by atoms with E-state index in [-0.39, 0.29) is 38.3 Å². The number of carbonyl (C=O) groups is 5. The van der Waals surface area contributed by atoms with E-state index in [1.54, 1.807) is 18.2 Å². The van der Waals surface area contributed by atoms with Gasteiger partial charge in [0.1, 0.15) is 6.04 Å². The van der Waals surface area contributed by atoms with Gasteiger partial charge in [-0.15, -0.1) is 5.06 Å². The van der Waals surface area contributed by atoms with E-state index in [4.69, 9.17) is 9.49 Å². The molecule has 0 spiro atoms. The maximum atomic E-state index is 13.0. The molecule has 1 unspecified atom stereocenters. The highest BCUT2D eigenvalue weighted by atomic mass is 16.7. The molecule has 1 aromatic rings. The molecule has 11 nitrogen and oxygen atoms in total. The summed E-state index contributed by atoms with van der Waals surface area (Å²) in [4.78, 5) is 66.6. The number of nitrogens with one attached hydrogen (secondary N) is 1. The van der Waals surface area contributed by atoms with Gasteiger partial charge in [0.25, 0.3) is 17.7 Å². The zero-order chi connectivity index (χ0) is 22.8. The zero-order valence-electron chi connectivity index (χ0n) is 17.2. The van der Waals surface area contributed by atoms with Gasteiger partial charge in [0.05, 0.1) is 13.0 Å². The van der Waals surface area contributed by atoms with Crippen molar-refractivity contribution >= 4 is 42.2 Å². The fraction of sp³-hybridized carbons (Fsp3) is 0.450. The Bertz CT molecular complexity index is 968. The molecule has 2 saturated heterocycles. The summed E-state index contributed by atoms with van der Waals surface area (Å²) in [5, 5.41) is 12.9. The minimum Gasteiger partial charge on any atom is -0.423 e. The van der Waals surface area contributed by atoms with Crippen LogP contribution in [0.25, 0.3) is 0 Å². The van der Waals surface area contributed by atoms with E-state index >= 15 is 0 Å². The molecule has 0 bridgehead atoms. The molecule has 0 saturated carbocycles. The number of nitrogens with zero attached hydrogens (tertiary/aromatic N) is 2. The van der Waals surface area contributed by atoms with Crippen molar-refractivity contribution in [2.45, 2.75) is 44.8 Å². The second-order valence-corrected chi connectivity index (χ2v) is 7.82. The maximum Gasteiger partial charge on any atom is 0.491 e. The monoisotopic (exact) mass is 443 g/mol. The number of hydrogen-bond donors (Lipinski definition) is 2. The topological polar surface area (TPSA) is 143 Å². The number of hydrogen-bond acceptors (Lipinski definition) is 8. The Hall–Kier alpha value is -3.25. The van der Waals surface area contributed by atoms with Crippen molar-refractivity contribution in [3.63, 3.8) is 0 Å². The third-order valence-electron chi connectivity index (χ3n) is 5.70. The highest BCUT2D eigenvalue weighted by Gasteiger charge is 2.36. The fourth-order valence-electron chi connectivity index (χ4n) is 4.01. The second-order valence-electron chi connectivity index (χ2n) is 7.82. The number of amides is 4. The SMILES string of the molecule is O=C(CCNC(=O)C1CCCN1C(=O)c1ccc2c(c1)B(O)OC2)ON1C(=O)CCC1=O. The number of hydroxylamine groups is 2. The Morgan fingerprint density at radius 3 is 2.72 bits per heavy atom. The molecule has 3 aliphatic heterocycles. The van der Waals surface area contributed by atoms with Crippen LogP contribution in [0.4, 0.5) is 0 Å². The average Bonchev–Trinajstić information content (AvgIpc) is 3.49. The summed E-state index contributed by atoms with van der Waals surface area (Å²) in [5.41, 5.74) is 1.72. The molecule has 0 radical (unpaired) electrons. The van der Waals surface area contributed by atoms with Crippen LogP contribution < -0.4 is 10.8 Å². The number of imide groups is 1. The van der Waals surface area contributed by atoms with Crippen LogP contribution in [0.2, 0.25) is 0 Å². The summed E-state index contributed by atoms with van der Waals surface area (Å²) in [7, 11) is -1.07. The molecular formula is C20H22BN3O8. The lowest BCUT2D eigenvalue weighted by Crippen LogP contribution is -2.46. The lowest BCUT2D eigenvalue weighted by molar-refractivity contribution is -0.197. The Kier molecular flexibility index (Phi) is 6.24. The van der Waals surface area contributed by atoms with E-state index in [2.05, 4.69) is 5.32 Å². The third kappa shape index (κ3) is 4.37. The predicted octanol–water partition coefficient (Wildman–Crippen LogP) is -1.38. The Balaban J connectivity index is 1.30. The molecule has 3 aliphatic rings. The van der Waals surface area contributed by atoms with Gasteiger partial charge in [0.15, 0.2) is 0 Å². The summed E-state index contributed by atoms with van der Waals surface area (Å²) >= 11 is 0. The standard InChI is InChI=1S/C20H22BN3O8/c25-16-5-6-17(26)24(16)32-18(27)7-8-22-19(28)15-2-1-9-23(15)20(29)12-3-4-13-11-31-21(30)14(13)10-12/h3-4,10,15,30H,1-2,5-9,11H2,(H,22,28). The summed E-state index contributed by atoms with van der Waals surface area (Å²) in [5.74, 6) is -2.68. The molecule has 1 aromatic carbocycles. The fourth-order valence-corrected chi connectivity index (χ4v) is 4.01. The van der Waals surface area contributed by atoms with E-state index in [9.17, 15) is 29.0 Å². The highest BCUT2D eigenvalue weighted by molar-refractivity contribution is 6.61. The summed E-state index contributed by atoms with van der Waals surface area (Å²) in [6.07, 6.45) is 0.915. The highest BCUT2D eigenvalue weighted by Crippen LogP contribution is 2.21. The molecule has 2 N–H and O–H groups in total. The van der Waals surface area contributed by atoms with Crippen molar-refractivity contribution in [2.75, 3.05) is 13.1 Å². The van der Waals surface area contributed by atoms with Crippen LogP contribution in [0, 0.1) is 0 Å². The molecule has 32 heavy (non-hydrogen) atoms. The largest absolute Gasteiger partial charge is 0.491 e. The lowest BCUT2D eigenvalue weighted by Gasteiger charge is -2.24. The quantitative estimate of drug-likeness (QED) is 0.405. The van der Waals surface area contributed by atoms with E-state index in [1.807, 2.05) is 0 Å². The van der Waals surface area contributed by atoms with Crippen molar-refractivity contribution in [1.82, 2.24) is 15.3 Å². The molecule has 2 fully saturated rings. The van der Waals surface area contributed by atoms with Crippen molar-refractivity contribution in [3.05, 3.63) is 29.3 Å². The minimum atomic E-state index is -1.07. The van der Waals surface area contributed by atoms with Crippen LogP contribution in [0.3, 0.4) is 0 Å². The smallest absolute Gasteiger partial charge is 0.423 e. The van der Waals surface area contributed by atoms with Gasteiger partial charge in [-0.25, -0.2) is 4.79 Å². The first-order valence-corrected chi connectivity index (χ1v) is 10.4. The molecule has 0 aromatic heterocycles. The number of likely N-dealkylation sites (tertiary alicyclic amines) is 1. The minimum absolute atomic E-state index is 0.00456. The zero-order valence-corrected chi connectivity index (χ0v) is 17.2.